The summed E-state index contributed by atoms with van der Waals surface area (Å²) in [7, 11) is 0. The zero-order valence-electron chi connectivity index (χ0n) is 27.5. The van der Waals surface area contributed by atoms with Gasteiger partial charge in [0.25, 0.3) is 0 Å². The molecule has 51 heavy (non-hydrogen) atoms. The maximum absolute atomic E-state index is 5.05. The molecule has 0 saturated carbocycles. The molecule has 2 heterocycles. The van der Waals surface area contributed by atoms with Crippen LogP contribution in [0, 0.1) is 0 Å². The van der Waals surface area contributed by atoms with Gasteiger partial charge in [0, 0.05) is 42.7 Å². The van der Waals surface area contributed by atoms with Gasteiger partial charge in [-0.25, -0.2) is 4.98 Å². The summed E-state index contributed by atoms with van der Waals surface area (Å²) in [6.07, 6.45) is 0. The Hall–Kier alpha value is -6.07. The molecule has 0 fully saturated rings. The Balaban J connectivity index is 1.15. The number of thiophene rings is 1. The van der Waals surface area contributed by atoms with Crippen LogP contribution in [0.4, 0.5) is 17.1 Å². The molecular weight excluding hydrogens is 657 g/mol. The number of fused-ring (bicyclic) bond motifs is 6. The Bertz CT molecular complexity index is 2850. The first-order chi connectivity index (χ1) is 25.3. The van der Waals surface area contributed by atoms with E-state index in [1.165, 1.54) is 57.9 Å². The van der Waals surface area contributed by atoms with Gasteiger partial charge in [-0.1, -0.05) is 133 Å². The van der Waals surface area contributed by atoms with Crippen LogP contribution in [0.15, 0.2) is 182 Å². The van der Waals surface area contributed by atoms with E-state index in [-0.39, 0.29) is 0 Å². The number of thiazole rings is 1. The predicted molar refractivity (Wildman–Crippen MR) is 221 cm³/mol. The molecule has 0 radical (unpaired) electrons. The third kappa shape index (κ3) is 5.28. The minimum atomic E-state index is 1.06. The van der Waals surface area contributed by atoms with Crippen LogP contribution in [0.1, 0.15) is 0 Å². The zero-order chi connectivity index (χ0) is 33.7. The molecular formula is C47H30N2S2. The third-order valence-electron chi connectivity index (χ3n) is 9.69. The highest BCUT2D eigenvalue weighted by Gasteiger charge is 2.20. The lowest BCUT2D eigenvalue weighted by Crippen LogP contribution is -2.11. The Kier molecular flexibility index (Phi) is 7.23. The van der Waals surface area contributed by atoms with Crippen molar-refractivity contribution in [3.8, 4) is 32.8 Å². The highest BCUT2D eigenvalue weighted by molar-refractivity contribution is 7.28. The summed E-state index contributed by atoms with van der Waals surface area (Å²) in [5, 5.41) is 6.11. The third-order valence-corrected chi connectivity index (χ3v) is 11.9. The molecule has 2 nitrogen and oxygen atoms in total. The summed E-state index contributed by atoms with van der Waals surface area (Å²) in [6, 6.07) is 65.6. The van der Waals surface area contributed by atoms with E-state index < -0.39 is 0 Å². The Morgan fingerprint density at radius 3 is 1.92 bits per heavy atom. The summed E-state index contributed by atoms with van der Waals surface area (Å²) >= 11 is 3.65. The largest absolute Gasteiger partial charge is 0.310 e. The lowest BCUT2D eigenvalue weighted by atomic mass is 9.98. The summed E-state index contributed by atoms with van der Waals surface area (Å²) in [6.45, 7) is 0. The molecule has 0 bridgehead atoms. The summed E-state index contributed by atoms with van der Waals surface area (Å²) in [4.78, 5) is 7.46. The lowest BCUT2D eigenvalue weighted by molar-refractivity contribution is 1.29. The first kappa shape index (κ1) is 29.8. The van der Waals surface area contributed by atoms with Gasteiger partial charge in [0.15, 0.2) is 0 Å². The average molecular weight is 687 g/mol. The van der Waals surface area contributed by atoms with Gasteiger partial charge >= 0.3 is 0 Å². The van der Waals surface area contributed by atoms with Crippen LogP contribution in [-0.4, -0.2) is 4.98 Å². The smallest absolute Gasteiger partial charge is 0.124 e. The van der Waals surface area contributed by atoms with E-state index in [1.807, 2.05) is 11.3 Å². The van der Waals surface area contributed by atoms with Crippen LogP contribution >= 0.6 is 22.7 Å². The van der Waals surface area contributed by atoms with Crippen LogP contribution in [0.5, 0.6) is 0 Å². The molecule has 0 spiro atoms. The number of aromatic nitrogens is 1. The molecule has 0 aliphatic carbocycles. The van der Waals surface area contributed by atoms with E-state index in [0.717, 1.165) is 33.1 Å². The van der Waals surface area contributed by atoms with Crippen molar-refractivity contribution in [1.29, 1.82) is 0 Å². The van der Waals surface area contributed by atoms with Crippen molar-refractivity contribution in [3.63, 3.8) is 0 Å². The van der Waals surface area contributed by atoms with Crippen LogP contribution < -0.4 is 4.90 Å². The Morgan fingerprint density at radius 1 is 0.431 bits per heavy atom. The molecule has 0 aliphatic rings. The number of hydrogen-bond donors (Lipinski definition) is 0. The predicted octanol–water partition coefficient (Wildman–Crippen LogP) is 14.3. The van der Waals surface area contributed by atoms with Gasteiger partial charge in [-0.05, 0) is 76.0 Å². The first-order valence-corrected chi connectivity index (χ1v) is 18.8. The van der Waals surface area contributed by atoms with Gasteiger partial charge in [0.1, 0.15) is 5.01 Å². The average Bonchev–Trinajstić information content (AvgIpc) is 3.81. The summed E-state index contributed by atoms with van der Waals surface area (Å²) in [5.74, 6) is 0. The number of benzene rings is 8. The number of nitrogens with zero attached hydrogens (tertiary/aromatic N) is 2. The SMILES string of the molecule is c1ccc(-c2ccc(N(c3ccc4c(c3)sc3ccc5nc(-c6ccccc6)sc5c34)c3ccccc3-c3ccc4ccccc4c3)cc2)cc1. The van der Waals surface area contributed by atoms with E-state index in [2.05, 4.69) is 187 Å². The van der Waals surface area contributed by atoms with Crippen molar-refractivity contribution in [2.45, 2.75) is 0 Å². The highest BCUT2D eigenvalue weighted by Crippen LogP contribution is 2.46. The van der Waals surface area contributed by atoms with Crippen LogP contribution in [0.25, 0.3) is 74.0 Å². The van der Waals surface area contributed by atoms with E-state index in [0.29, 0.717) is 0 Å². The first-order valence-electron chi connectivity index (χ1n) is 17.1. The van der Waals surface area contributed by atoms with Crippen molar-refractivity contribution in [1.82, 2.24) is 4.98 Å². The van der Waals surface area contributed by atoms with Gasteiger partial charge < -0.3 is 4.90 Å². The standard InChI is InChI=1S/C47H30N2S2/c1-3-11-31(12-4-1)33-21-23-37(24-22-33)49(42-18-10-9-17-39(42)36-20-19-32-13-7-8-16-35(32)29-36)38-25-26-40-44(30-38)50-43-28-27-41-46(45(40)43)51-47(48-41)34-14-5-2-6-15-34/h1-30H. The summed E-state index contributed by atoms with van der Waals surface area (Å²) in [5.41, 5.74) is 10.4. The van der Waals surface area contributed by atoms with Gasteiger partial charge in [-0.15, -0.1) is 22.7 Å². The molecule has 0 atom stereocenters. The molecule has 4 heteroatoms. The van der Waals surface area contributed by atoms with Gasteiger partial charge in [0.05, 0.1) is 15.9 Å². The minimum Gasteiger partial charge on any atom is -0.310 e. The molecule has 0 unspecified atom stereocenters. The highest BCUT2D eigenvalue weighted by atomic mass is 32.1. The fourth-order valence-electron chi connectivity index (χ4n) is 7.21. The van der Waals surface area contributed by atoms with E-state index in [1.54, 1.807) is 11.3 Å². The number of rotatable bonds is 6. The van der Waals surface area contributed by atoms with Crippen LogP contribution in [0.3, 0.4) is 0 Å². The monoisotopic (exact) mass is 686 g/mol. The second-order valence-electron chi connectivity index (χ2n) is 12.8. The molecule has 8 aromatic carbocycles. The topological polar surface area (TPSA) is 16.1 Å². The fraction of sp³-hybridized carbons (Fsp3) is 0. The van der Waals surface area contributed by atoms with E-state index in [9.17, 15) is 0 Å². The minimum absolute atomic E-state index is 1.06. The molecule has 0 aliphatic heterocycles. The van der Waals surface area contributed by atoms with Crippen molar-refractivity contribution < 1.29 is 0 Å². The number of anilines is 3. The van der Waals surface area contributed by atoms with Gasteiger partial charge in [-0.2, -0.15) is 0 Å². The molecule has 10 rings (SSSR count). The van der Waals surface area contributed by atoms with Crippen molar-refractivity contribution in [2.75, 3.05) is 4.90 Å². The van der Waals surface area contributed by atoms with Gasteiger partial charge in [-0.3, -0.25) is 0 Å². The fourth-order valence-corrected chi connectivity index (χ4v) is 9.55. The number of hydrogen-bond acceptors (Lipinski definition) is 4. The maximum atomic E-state index is 5.05. The Labute approximate surface area is 304 Å². The van der Waals surface area contributed by atoms with Crippen molar-refractivity contribution in [3.05, 3.63) is 182 Å². The maximum Gasteiger partial charge on any atom is 0.124 e. The quantitative estimate of drug-likeness (QED) is 0.173. The second kappa shape index (κ2) is 12.4. The zero-order valence-corrected chi connectivity index (χ0v) is 29.2. The Morgan fingerprint density at radius 2 is 1.10 bits per heavy atom. The van der Waals surface area contributed by atoms with E-state index in [4.69, 9.17) is 4.98 Å². The molecule has 240 valence electrons. The second-order valence-corrected chi connectivity index (χ2v) is 14.9. The normalized spacial score (nSPS) is 11.5. The van der Waals surface area contributed by atoms with E-state index >= 15 is 0 Å². The molecule has 10 aromatic rings. The van der Waals surface area contributed by atoms with Crippen LogP contribution in [-0.2, 0) is 0 Å². The number of para-hydroxylation sites is 1. The molecule has 2 aromatic heterocycles. The molecule has 0 saturated heterocycles. The van der Waals surface area contributed by atoms with Crippen molar-refractivity contribution in [2.24, 2.45) is 0 Å². The lowest BCUT2D eigenvalue weighted by Gasteiger charge is -2.28. The summed E-state index contributed by atoms with van der Waals surface area (Å²) < 4.78 is 3.80. The van der Waals surface area contributed by atoms with Crippen molar-refractivity contribution >= 4 is 80.9 Å². The molecule has 0 amide bonds. The van der Waals surface area contributed by atoms with Crippen LogP contribution in [0.2, 0.25) is 0 Å². The van der Waals surface area contributed by atoms with Gasteiger partial charge in [0.2, 0.25) is 0 Å². The molecule has 0 N–H and O–H groups in total.